The molecule has 1 aliphatic rings. The van der Waals surface area contributed by atoms with Crippen LogP contribution in [0, 0.1) is 5.95 Å². The molecule has 1 aromatic heterocycles. The van der Waals surface area contributed by atoms with E-state index in [-0.39, 0.29) is 24.1 Å². The van der Waals surface area contributed by atoms with Crippen LogP contribution in [0.2, 0.25) is 0 Å². The van der Waals surface area contributed by atoms with Gasteiger partial charge in [-0.3, -0.25) is 0 Å². The highest BCUT2D eigenvalue weighted by Crippen LogP contribution is 2.41. The van der Waals surface area contributed by atoms with Crippen LogP contribution in [0.4, 0.5) is 22.4 Å². The van der Waals surface area contributed by atoms with E-state index in [1.54, 1.807) is 66.7 Å². The van der Waals surface area contributed by atoms with Gasteiger partial charge in [0.05, 0.1) is 23.9 Å². The monoisotopic (exact) mass is 583 g/mol. The van der Waals surface area contributed by atoms with Gasteiger partial charge in [-0.05, 0) is 71.4 Å². The van der Waals surface area contributed by atoms with Gasteiger partial charge in [0, 0.05) is 6.61 Å². The molecule has 42 heavy (non-hydrogen) atoms. The molecule has 220 valence electrons. The number of fused-ring (bicyclic) bond motifs is 1. The first-order valence-electron chi connectivity index (χ1n) is 13.5. The topological polar surface area (TPSA) is 85.6 Å². The molecule has 1 unspecified atom stereocenters. The molecule has 1 atom stereocenters. The van der Waals surface area contributed by atoms with Crippen LogP contribution in [-0.4, -0.2) is 46.9 Å². The Kier molecular flexibility index (Phi) is 8.77. The van der Waals surface area contributed by atoms with Crippen molar-refractivity contribution in [3.63, 3.8) is 0 Å². The molecular formula is C31H29F4N3O4. The van der Waals surface area contributed by atoms with Gasteiger partial charge in [0.2, 0.25) is 5.95 Å². The molecule has 1 saturated heterocycles. The van der Waals surface area contributed by atoms with E-state index in [1.165, 1.54) is 10.7 Å². The number of hydrogen-bond donors (Lipinski definition) is 2. The van der Waals surface area contributed by atoms with Crippen LogP contribution in [0.15, 0.2) is 72.8 Å². The third kappa shape index (κ3) is 6.91. The Hall–Kier alpha value is -4.38. The number of aromatic nitrogens is 2. The number of amides is 1. The first kappa shape index (κ1) is 29.1. The fourth-order valence-electron chi connectivity index (χ4n) is 5.13. The van der Waals surface area contributed by atoms with Crippen molar-refractivity contribution in [2.75, 3.05) is 19.8 Å². The summed E-state index contributed by atoms with van der Waals surface area (Å²) in [5.41, 5.74) is 2.07. The predicted octanol–water partition coefficient (Wildman–Crippen LogP) is 7.43. The van der Waals surface area contributed by atoms with Gasteiger partial charge in [0.1, 0.15) is 12.4 Å². The third-order valence-electron chi connectivity index (χ3n) is 6.97. The summed E-state index contributed by atoms with van der Waals surface area (Å²) in [5.74, 6) is -0.311. The van der Waals surface area contributed by atoms with Gasteiger partial charge < -0.3 is 19.9 Å². The highest BCUT2D eigenvalue weighted by atomic mass is 19.4. The lowest BCUT2D eigenvalue weighted by Gasteiger charge is -2.23. The van der Waals surface area contributed by atoms with E-state index in [0.717, 1.165) is 12.8 Å². The van der Waals surface area contributed by atoms with Crippen LogP contribution in [0.3, 0.4) is 0 Å². The molecule has 2 N–H and O–H groups in total. The van der Waals surface area contributed by atoms with Crippen molar-refractivity contribution < 1.29 is 36.9 Å². The summed E-state index contributed by atoms with van der Waals surface area (Å²) in [6.45, 7) is 0.686. The molecule has 11 heteroatoms. The number of rotatable bonds is 9. The number of alkyl halides is 3. The van der Waals surface area contributed by atoms with Crippen molar-refractivity contribution in [3.8, 4) is 5.75 Å². The summed E-state index contributed by atoms with van der Waals surface area (Å²) in [7, 11) is 0. The molecule has 1 fully saturated rings. The molecule has 2 heterocycles. The maximum Gasteiger partial charge on any atom is 0.404 e. The fraction of sp³-hybridized carbons (Fsp3) is 0.290. The standard InChI is InChI=1S/C31H29F4N3O4/c32-29-24-18-22(11-14-26(24)38(37-29)27-8-4-5-16-42-27)28(25(19-31(33,34)35)20-6-2-1-3-7-20)21-9-12-23(13-10-21)41-17-15-36-30(39)40/h1-3,6-7,9-14,18,27,36H,4-5,8,15-17,19H2,(H,39,40). The summed E-state index contributed by atoms with van der Waals surface area (Å²) >= 11 is 0. The van der Waals surface area contributed by atoms with Crippen molar-refractivity contribution >= 4 is 28.1 Å². The highest BCUT2D eigenvalue weighted by molar-refractivity contribution is 6.00. The third-order valence-corrected chi connectivity index (χ3v) is 6.97. The van der Waals surface area contributed by atoms with Gasteiger partial charge in [-0.2, -0.15) is 17.6 Å². The Bertz CT molecular complexity index is 1560. The molecule has 0 saturated carbocycles. The van der Waals surface area contributed by atoms with Crippen LogP contribution in [0.5, 0.6) is 5.75 Å². The SMILES string of the molecule is O=C(O)NCCOc1ccc(C(=C(CC(F)(F)F)c2ccccc2)c2ccc3c(c2)c(F)nn3C2CCCCO2)cc1. The fourth-order valence-corrected chi connectivity index (χ4v) is 5.13. The first-order chi connectivity index (χ1) is 20.2. The first-order valence-corrected chi connectivity index (χ1v) is 13.5. The van der Waals surface area contributed by atoms with Crippen LogP contribution in [0.25, 0.3) is 22.0 Å². The van der Waals surface area contributed by atoms with Gasteiger partial charge in [0.15, 0.2) is 6.23 Å². The van der Waals surface area contributed by atoms with Crippen molar-refractivity contribution in [1.29, 1.82) is 0 Å². The maximum atomic E-state index is 15.2. The van der Waals surface area contributed by atoms with E-state index in [9.17, 15) is 18.0 Å². The van der Waals surface area contributed by atoms with E-state index in [4.69, 9.17) is 14.6 Å². The summed E-state index contributed by atoms with van der Waals surface area (Å²) in [5, 5.41) is 15.2. The quantitative estimate of drug-likeness (QED) is 0.122. The molecule has 7 nitrogen and oxygen atoms in total. The zero-order chi connectivity index (χ0) is 29.7. The normalized spacial score (nSPS) is 16.2. The number of halogens is 4. The van der Waals surface area contributed by atoms with Gasteiger partial charge in [-0.25, -0.2) is 9.48 Å². The van der Waals surface area contributed by atoms with E-state index in [1.807, 2.05) is 0 Å². The van der Waals surface area contributed by atoms with Gasteiger partial charge in [-0.1, -0.05) is 48.5 Å². The van der Waals surface area contributed by atoms with Crippen molar-refractivity contribution in [2.24, 2.45) is 0 Å². The van der Waals surface area contributed by atoms with Crippen molar-refractivity contribution in [1.82, 2.24) is 15.1 Å². The molecule has 1 amide bonds. The lowest BCUT2D eigenvalue weighted by atomic mass is 9.87. The highest BCUT2D eigenvalue weighted by Gasteiger charge is 2.32. The van der Waals surface area contributed by atoms with Crippen LogP contribution < -0.4 is 10.1 Å². The molecule has 5 rings (SSSR count). The zero-order valence-electron chi connectivity index (χ0n) is 22.5. The van der Waals surface area contributed by atoms with Gasteiger partial charge in [-0.15, -0.1) is 5.10 Å². The minimum atomic E-state index is -4.52. The number of nitrogens with one attached hydrogen (secondary N) is 1. The van der Waals surface area contributed by atoms with Crippen molar-refractivity contribution in [2.45, 2.75) is 38.1 Å². The number of carboxylic acid groups (broad SMARTS) is 1. The Labute approximate surface area is 239 Å². The van der Waals surface area contributed by atoms with Crippen molar-refractivity contribution in [3.05, 3.63) is 95.4 Å². The molecule has 0 bridgehead atoms. The van der Waals surface area contributed by atoms with E-state index in [0.29, 0.717) is 46.6 Å². The molecule has 0 spiro atoms. The Morgan fingerprint density at radius 1 is 1.02 bits per heavy atom. The summed E-state index contributed by atoms with van der Waals surface area (Å²) in [6.07, 6.45) is -4.78. The number of ether oxygens (including phenoxy) is 2. The lowest BCUT2D eigenvalue weighted by molar-refractivity contribution is -0.122. The smallest absolute Gasteiger partial charge is 0.404 e. The average molecular weight is 584 g/mol. The van der Waals surface area contributed by atoms with Crippen LogP contribution in [-0.2, 0) is 4.74 Å². The maximum absolute atomic E-state index is 15.2. The predicted molar refractivity (Wildman–Crippen MR) is 150 cm³/mol. The van der Waals surface area contributed by atoms with Gasteiger partial charge >= 0.3 is 12.3 Å². The Balaban J connectivity index is 1.61. The number of hydrogen-bond acceptors (Lipinski definition) is 4. The minimum absolute atomic E-state index is 0.0326. The largest absolute Gasteiger partial charge is 0.492 e. The molecule has 0 aliphatic carbocycles. The molecular weight excluding hydrogens is 554 g/mol. The van der Waals surface area contributed by atoms with E-state index < -0.39 is 30.9 Å². The van der Waals surface area contributed by atoms with E-state index in [2.05, 4.69) is 10.4 Å². The second-order valence-electron chi connectivity index (χ2n) is 9.90. The van der Waals surface area contributed by atoms with Crippen LogP contribution in [0.1, 0.15) is 48.6 Å². The number of allylic oxidation sites excluding steroid dienone is 1. The summed E-state index contributed by atoms with van der Waals surface area (Å²) in [6, 6.07) is 19.6. The summed E-state index contributed by atoms with van der Waals surface area (Å²) < 4.78 is 70.1. The second-order valence-corrected chi connectivity index (χ2v) is 9.90. The van der Waals surface area contributed by atoms with Gasteiger partial charge in [0.25, 0.3) is 0 Å². The minimum Gasteiger partial charge on any atom is -0.492 e. The van der Waals surface area contributed by atoms with E-state index >= 15 is 4.39 Å². The lowest BCUT2D eigenvalue weighted by Crippen LogP contribution is -2.26. The number of carbonyl (C=O) groups is 1. The number of nitrogens with zero attached hydrogens (tertiary/aromatic N) is 2. The summed E-state index contributed by atoms with van der Waals surface area (Å²) in [4.78, 5) is 10.6. The molecule has 4 aromatic rings. The average Bonchev–Trinajstić information content (AvgIpc) is 3.31. The number of benzene rings is 3. The molecule has 0 radical (unpaired) electrons. The second kappa shape index (κ2) is 12.6. The molecule has 3 aromatic carbocycles. The zero-order valence-corrected chi connectivity index (χ0v) is 22.5. The van der Waals surface area contributed by atoms with Crippen LogP contribution >= 0.6 is 0 Å². The Morgan fingerprint density at radius 2 is 1.76 bits per heavy atom. The molecule has 1 aliphatic heterocycles. The Morgan fingerprint density at radius 3 is 2.43 bits per heavy atom.